The Bertz CT molecular complexity index is 697. The summed E-state index contributed by atoms with van der Waals surface area (Å²) in [5.74, 6) is 0.900. The van der Waals surface area contributed by atoms with Crippen LogP contribution in [0.3, 0.4) is 0 Å². The van der Waals surface area contributed by atoms with Gasteiger partial charge in [0.2, 0.25) is 0 Å². The van der Waals surface area contributed by atoms with Gasteiger partial charge in [0.1, 0.15) is 12.4 Å². The number of hydrogen-bond donors (Lipinski definition) is 1. The monoisotopic (exact) mass is 333 g/mol. The molecule has 1 aliphatic heterocycles. The Kier molecular flexibility index (Phi) is 4.90. The van der Waals surface area contributed by atoms with Crippen LogP contribution in [0.1, 0.15) is 6.42 Å². The molecule has 0 aromatic heterocycles. The summed E-state index contributed by atoms with van der Waals surface area (Å²) in [7, 11) is -6.12. The number of rotatable bonds is 6. The first kappa shape index (κ1) is 16.3. The summed E-state index contributed by atoms with van der Waals surface area (Å²) < 4.78 is 50.9. The fourth-order valence-electron chi connectivity index (χ4n) is 2.18. The summed E-state index contributed by atoms with van der Waals surface area (Å²) in [5, 5.41) is 3.13. The second-order valence-electron chi connectivity index (χ2n) is 5.15. The lowest BCUT2D eigenvalue weighted by atomic mass is 10.3. The predicted molar refractivity (Wildman–Crippen MR) is 80.1 cm³/mol. The highest BCUT2D eigenvalue weighted by Gasteiger charge is 2.27. The van der Waals surface area contributed by atoms with E-state index < -0.39 is 19.7 Å². The van der Waals surface area contributed by atoms with Crippen molar-refractivity contribution in [3.05, 3.63) is 24.3 Å². The highest BCUT2D eigenvalue weighted by molar-refractivity contribution is 7.91. The minimum atomic E-state index is -3.24. The van der Waals surface area contributed by atoms with Gasteiger partial charge in [-0.15, -0.1) is 0 Å². The lowest BCUT2D eigenvalue weighted by molar-refractivity contribution is 0.306. The van der Waals surface area contributed by atoms with Crippen molar-refractivity contribution in [2.45, 2.75) is 17.4 Å². The van der Waals surface area contributed by atoms with Crippen molar-refractivity contribution in [1.29, 1.82) is 0 Å². The average Bonchev–Trinajstić information content (AvgIpc) is 2.74. The van der Waals surface area contributed by atoms with Gasteiger partial charge >= 0.3 is 0 Å². The van der Waals surface area contributed by atoms with E-state index in [0.717, 1.165) is 6.26 Å². The van der Waals surface area contributed by atoms with Gasteiger partial charge in [0.25, 0.3) is 0 Å². The molecule has 1 fully saturated rings. The van der Waals surface area contributed by atoms with Crippen molar-refractivity contribution in [3.63, 3.8) is 0 Å². The maximum atomic E-state index is 11.4. The topological polar surface area (TPSA) is 89.5 Å². The van der Waals surface area contributed by atoms with E-state index in [2.05, 4.69) is 5.32 Å². The summed E-state index contributed by atoms with van der Waals surface area (Å²) in [4.78, 5) is 0.217. The van der Waals surface area contributed by atoms with Crippen molar-refractivity contribution < 1.29 is 21.6 Å². The van der Waals surface area contributed by atoms with Crippen LogP contribution >= 0.6 is 0 Å². The van der Waals surface area contributed by atoms with Gasteiger partial charge in [-0.05, 0) is 24.6 Å². The van der Waals surface area contributed by atoms with Crippen LogP contribution in [0.25, 0.3) is 0 Å². The Morgan fingerprint density at radius 2 is 2.14 bits per heavy atom. The zero-order valence-corrected chi connectivity index (χ0v) is 13.4. The Hall–Kier alpha value is -1.12. The van der Waals surface area contributed by atoms with Crippen molar-refractivity contribution in [2.24, 2.45) is 0 Å². The molecule has 0 radical (unpaired) electrons. The van der Waals surface area contributed by atoms with E-state index in [9.17, 15) is 16.8 Å². The zero-order chi connectivity index (χ0) is 15.5. The predicted octanol–water partition coefficient (Wildman–Crippen LogP) is 0.246. The van der Waals surface area contributed by atoms with E-state index in [-0.39, 0.29) is 22.4 Å². The highest BCUT2D eigenvalue weighted by atomic mass is 32.2. The van der Waals surface area contributed by atoms with Crippen LogP contribution in [0.2, 0.25) is 0 Å². The average molecular weight is 333 g/mol. The molecule has 1 heterocycles. The molecular weight excluding hydrogens is 314 g/mol. The molecule has 1 atom stereocenters. The summed E-state index contributed by atoms with van der Waals surface area (Å²) in [6.45, 7) is 0.868. The van der Waals surface area contributed by atoms with E-state index in [1.807, 2.05) is 0 Å². The third-order valence-electron chi connectivity index (χ3n) is 3.27. The van der Waals surface area contributed by atoms with Gasteiger partial charge in [-0.2, -0.15) is 0 Å². The van der Waals surface area contributed by atoms with E-state index in [4.69, 9.17) is 4.74 Å². The summed E-state index contributed by atoms with van der Waals surface area (Å²) in [6, 6.07) is 6.30. The number of hydrogen-bond acceptors (Lipinski definition) is 6. The molecule has 0 aliphatic carbocycles. The Morgan fingerprint density at radius 3 is 2.76 bits per heavy atom. The summed E-state index contributed by atoms with van der Waals surface area (Å²) in [5.41, 5.74) is 0. The molecule has 1 N–H and O–H groups in total. The Morgan fingerprint density at radius 1 is 1.38 bits per heavy atom. The maximum Gasteiger partial charge on any atom is 0.175 e. The molecular formula is C13H19NO5S2. The molecule has 6 nitrogen and oxygen atoms in total. The molecule has 0 spiro atoms. The minimum Gasteiger partial charge on any atom is -0.492 e. The zero-order valence-electron chi connectivity index (χ0n) is 11.8. The molecule has 1 aromatic carbocycles. The van der Waals surface area contributed by atoms with Gasteiger partial charge < -0.3 is 10.1 Å². The van der Waals surface area contributed by atoms with Crippen LogP contribution in [0.4, 0.5) is 0 Å². The first-order valence-corrected chi connectivity index (χ1v) is 10.3. The quantitative estimate of drug-likeness (QED) is 0.751. The Balaban J connectivity index is 1.79. The molecule has 1 aliphatic rings. The maximum absolute atomic E-state index is 11.4. The van der Waals surface area contributed by atoms with Gasteiger partial charge in [0.15, 0.2) is 19.7 Å². The largest absolute Gasteiger partial charge is 0.492 e. The molecule has 2 rings (SSSR count). The lowest BCUT2D eigenvalue weighted by Crippen LogP contribution is -2.33. The number of sulfone groups is 2. The van der Waals surface area contributed by atoms with Crippen molar-refractivity contribution in [1.82, 2.24) is 5.32 Å². The number of ether oxygens (including phenoxy) is 1. The van der Waals surface area contributed by atoms with Crippen LogP contribution in [-0.4, -0.2) is 53.8 Å². The first-order chi connectivity index (χ1) is 9.76. The standard InChI is InChI=1S/C13H19NO5S2/c1-20(15,16)13-4-2-3-12(9-13)19-7-6-14-11-5-8-21(17,18)10-11/h2-4,9,11,14H,5-8,10H2,1H3. The second-order valence-corrected chi connectivity index (χ2v) is 9.39. The van der Waals surface area contributed by atoms with Gasteiger partial charge in [-0.25, -0.2) is 16.8 Å². The molecule has 8 heteroatoms. The van der Waals surface area contributed by atoms with Crippen LogP contribution in [-0.2, 0) is 19.7 Å². The molecule has 0 amide bonds. The van der Waals surface area contributed by atoms with E-state index in [1.165, 1.54) is 12.1 Å². The molecule has 1 unspecified atom stereocenters. The van der Waals surface area contributed by atoms with Gasteiger partial charge in [0, 0.05) is 18.8 Å². The highest BCUT2D eigenvalue weighted by Crippen LogP contribution is 2.17. The molecule has 1 saturated heterocycles. The fraction of sp³-hybridized carbons (Fsp3) is 0.538. The van der Waals surface area contributed by atoms with Gasteiger partial charge in [0.05, 0.1) is 16.4 Å². The van der Waals surface area contributed by atoms with E-state index in [1.54, 1.807) is 12.1 Å². The molecule has 0 saturated carbocycles. The minimum absolute atomic E-state index is 0.0130. The SMILES string of the molecule is CS(=O)(=O)c1cccc(OCCNC2CCS(=O)(=O)C2)c1. The summed E-state index contributed by atoms with van der Waals surface area (Å²) in [6.07, 6.45) is 1.78. The van der Waals surface area contributed by atoms with Crippen molar-refractivity contribution in [3.8, 4) is 5.75 Å². The van der Waals surface area contributed by atoms with Crippen LogP contribution in [0, 0.1) is 0 Å². The molecule has 118 valence electrons. The third kappa shape index (κ3) is 4.98. The number of nitrogens with one attached hydrogen (secondary N) is 1. The fourth-order valence-corrected chi connectivity index (χ4v) is 4.55. The van der Waals surface area contributed by atoms with Crippen molar-refractivity contribution >= 4 is 19.7 Å². The normalized spacial score (nSPS) is 21.3. The lowest BCUT2D eigenvalue weighted by Gasteiger charge is -2.12. The molecule has 0 bridgehead atoms. The molecule has 21 heavy (non-hydrogen) atoms. The second kappa shape index (κ2) is 6.33. The van der Waals surface area contributed by atoms with Crippen molar-refractivity contribution in [2.75, 3.05) is 30.9 Å². The van der Waals surface area contributed by atoms with Crippen LogP contribution in [0.5, 0.6) is 5.75 Å². The molecule has 1 aromatic rings. The third-order valence-corrected chi connectivity index (χ3v) is 6.15. The smallest absolute Gasteiger partial charge is 0.175 e. The van der Waals surface area contributed by atoms with Gasteiger partial charge in [-0.1, -0.05) is 6.07 Å². The van der Waals surface area contributed by atoms with E-state index in [0.29, 0.717) is 25.3 Å². The Labute approximate surface area is 125 Å². The first-order valence-electron chi connectivity index (χ1n) is 6.63. The number of benzene rings is 1. The van der Waals surface area contributed by atoms with Crippen LogP contribution < -0.4 is 10.1 Å². The van der Waals surface area contributed by atoms with E-state index >= 15 is 0 Å². The summed E-state index contributed by atoms with van der Waals surface area (Å²) >= 11 is 0. The van der Waals surface area contributed by atoms with Crippen LogP contribution in [0.15, 0.2) is 29.2 Å². The van der Waals surface area contributed by atoms with Gasteiger partial charge in [-0.3, -0.25) is 0 Å².